The summed E-state index contributed by atoms with van der Waals surface area (Å²) in [5.41, 5.74) is 6.81. The molecule has 0 bridgehead atoms. The van der Waals surface area contributed by atoms with Crippen LogP contribution >= 0.6 is 0 Å². The fraction of sp³-hybridized carbons (Fsp3) is 0.161. The van der Waals surface area contributed by atoms with E-state index in [9.17, 15) is 18.5 Å². The molecule has 0 fully saturated rings. The van der Waals surface area contributed by atoms with Crippen LogP contribution in [0.25, 0.3) is 0 Å². The summed E-state index contributed by atoms with van der Waals surface area (Å²) in [7, 11) is 0.130. The zero-order valence-corrected chi connectivity index (χ0v) is 24.6. The van der Waals surface area contributed by atoms with E-state index in [0.29, 0.717) is 46.9 Å². The van der Waals surface area contributed by atoms with Gasteiger partial charge in [-0.2, -0.15) is 4.39 Å². The molecule has 14 heteroatoms. The third-order valence-corrected chi connectivity index (χ3v) is 8.20. The highest BCUT2D eigenvalue weighted by Crippen LogP contribution is 2.38. The number of carbonyl (C=O) groups is 1. The number of benzene rings is 3. The SMILES string of the molecule is CN1CCN=C1c1cc(S(=O)c2ccc(CCC(=O)O)cc2)ccc1Oc1c(F)cnc(Oc2cc(C(=N)N)ccc2O)c1F. The summed E-state index contributed by atoms with van der Waals surface area (Å²) in [5, 5.41) is 26.7. The van der Waals surface area contributed by atoms with Crippen molar-refractivity contribution in [2.45, 2.75) is 22.6 Å². The quantitative estimate of drug-likeness (QED) is 0.133. The molecular formula is C31H27F2N5O6S. The van der Waals surface area contributed by atoms with Crippen LogP contribution in [-0.2, 0) is 22.0 Å². The standard InChI is InChI=1S/C31H27F2N5O6S/c1-38-13-12-36-30(38)21-15-20(45(42)19-6-2-17(3-7-19)4-11-26(40)41)8-10-24(21)43-28-22(32)16-37-31(27(28)33)44-25-14-18(29(34)35)5-9-23(25)39/h2-3,5-10,14-16,39H,4,11-13H2,1H3,(H3,34,35)(H,40,41). The molecule has 1 aliphatic rings. The maximum atomic E-state index is 15.6. The van der Waals surface area contributed by atoms with Crippen molar-refractivity contribution in [2.75, 3.05) is 20.1 Å². The Balaban J connectivity index is 1.47. The van der Waals surface area contributed by atoms with Crippen molar-refractivity contribution >= 4 is 28.4 Å². The molecule has 1 aliphatic heterocycles. The molecule has 45 heavy (non-hydrogen) atoms. The lowest BCUT2D eigenvalue weighted by atomic mass is 10.1. The van der Waals surface area contributed by atoms with Gasteiger partial charge in [0.25, 0.3) is 5.88 Å². The Morgan fingerprint density at radius 1 is 1.07 bits per heavy atom. The van der Waals surface area contributed by atoms with Gasteiger partial charge >= 0.3 is 5.97 Å². The van der Waals surface area contributed by atoms with E-state index in [0.717, 1.165) is 5.56 Å². The Morgan fingerprint density at radius 3 is 2.47 bits per heavy atom. The van der Waals surface area contributed by atoms with E-state index in [-0.39, 0.29) is 29.3 Å². The average Bonchev–Trinajstić information content (AvgIpc) is 3.45. The van der Waals surface area contributed by atoms with E-state index >= 15 is 4.39 Å². The number of likely N-dealkylation sites (N-methyl/N-ethyl adjacent to an activating group) is 1. The number of hydrogen-bond acceptors (Lipinski definition) is 9. The van der Waals surface area contributed by atoms with Gasteiger partial charge in [-0.15, -0.1) is 0 Å². The number of pyridine rings is 1. The molecule has 4 aromatic rings. The molecule has 0 aliphatic carbocycles. The van der Waals surface area contributed by atoms with Crippen molar-refractivity contribution in [1.82, 2.24) is 9.88 Å². The Bertz CT molecular complexity index is 1850. The fourth-order valence-electron chi connectivity index (χ4n) is 4.45. The minimum atomic E-state index is -1.66. The van der Waals surface area contributed by atoms with Gasteiger partial charge < -0.3 is 30.3 Å². The minimum Gasteiger partial charge on any atom is -0.504 e. The first kappa shape index (κ1) is 31.1. The van der Waals surface area contributed by atoms with E-state index in [1.807, 2.05) is 4.90 Å². The number of hydrogen-bond donors (Lipinski definition) is 4. The normalized spacial score (nSPS) is 13.3. The molecule has 5 rings (SSSR count). The van der Waals surface area contributed by atoms with Crippen molar-refractivity contribution in [3.8, 4) is 28.9 Å². The van der Waals surface area contributed by atoms with Crippen molar-refractivity contribution in [3.63, 3.8) is 0 Å². The molecule has 5 N–H and O–H groups in total. The summed E-state index contributed by atoms with van der Waals surface area (Å²) >= 11 is 0. The number of rotatable bonds is 11. The number of nitrogens with two attached hydrogens (primary N) is 1. The lowest BCUT2D eigenvalue weighted by Gasteiger charge is -2.19. The number of nitrogens with zero attached hydrogens (tertiary/aromatic N) is 3. The summed E-state index contributed by atoms with van der Waals surface area (Å²) in [5.74, 6) is -5.39. The van der Waals surface area contributed by atoms with Crippen LogP contribution in [-0.4, -0.2) is 62.1 Å². The molecular weight excluding hydrogens is 608 g/mol. The number of amidine groups is 2. The molecule has 1 aromatic heterocycles. The first-order valence-electron chi connectivity index (χ1n) is 13.5. The number of carboxylic acids is 1. The predicted octanol–water partition coefficient (Wildman–Crippen LogP) is 4.81. The number of phenolic OH excluding ortho intramolecular Hbond substituents is 1. The average molecular weight is 636 g/mol. The van der Waals surface area contributed by atoms with Gasteiger partial charge in [-0.05, 0) is 60.5 Å². The zero-order valence-electron chi connectivity index (χ0n) is 23.8. The molecule has 0 spiro atoms. The summed E-state index contributed by atoms with van der Waals surface area (Å²) in [4.78, 5) is 21.7. The number of aryl methyl sites for hydroxylation is 1. The second-order valence-corrected chi connectivity index (χ2v) is 11.4. The van der Waals surface area contributed by atoms with Crippen LogP contribution in [0.1, 0.15) is 23.1 Å². The van der Waals surface area contributed by atoms with E-state index < -0.39 is 45.8 Å². The third kappa shape index (κ3) is 6.91. The van der Waals surface area contributed by atoms with Crippen molar-refractivity contribution in [2.24, 2.45) is 10.7 Å². The third-order valence-electron chi connectivity index (χ3n) is 6.82. The minimum absolute atomic E-state index is 0.0173. The van der Waals surface area contributed by atoms with Crippen LogP contribution in [0.2, 0.25) is 0 Å². The van der Waals surface area contributed by atoms with Gasteiger partial charge in [0.15, 0.2) is 17.3 Å². The number of aliphatic carboxylic acids is 1. The highest BCUT2D eigenvalue weighted by Gasteiger charge is 2.25. The van der Waals surface area contributed by atoms with Crippen LogP contribution in [0.4, 0.5) is 8.78 Å². The van der Waals surface area contributed by atoms with Crippen molar-refractivity contribution in [3.05, 3.63) is 95.2 Å². The summed E-state index contributed by atoms with van der Waals surface area (Å²) in [6, 6.07) is 15.0. The van der Waals surface area contributed by atoms with Gasteiger partial charge in [-0.3, -0.25) is 15.2 Å². The van der Waals surface area contributed by atoms with Gasteiger partial charge in [0.2, 0.25) is 11.6 Å². The van der Waals surface area contributed by atoms with Gasteiger partial charge in [0.1, 0.15) is 17.4 Å². The van der Waals surface area contributed by atoms with Crippen LogP contribution in [0, 0.1) is 17.0 Å². The van der Waals surface area contributed by atoms with E-state index in [1.165, 1.54) is 30.3 Å². The van der Waals surface area contributed by atoms with Gasteiger partial charge in [-0.1, -0.05) is 12.1 Å². The molecule has 0 amide bonds. The lowest BCUT2D eigenvalue weighted by molar-refractivity contribution is -0.136. The lowest BCUT2D eigenvalue weighted by Crippen LogP contribution is -2.24. The number of aliphatic imine (C=N–C) groups is 1. The number of nitrogens with one attached hydrogen (secondary N) is 1. The number of phenols is 1. The van der Waals surface area contributed by atoms with E-state index in [2.05, 4.69) is 9.98 Å². The molecule has 3 aromatic carbocycles. The highest BCUT2D eigenvalue weighted by atomic mass is 32.2. The summed E-state index contributed by atoms with van der Waals surface area (Å²) < 4.78 is 55.2. The number of ether oxygens (including phenoxy) is 2. The number of nitrogen functional groups attached to an aromatic ring is 1. The molecule has 2 heterocycles. The van der Waals surface area contributed by atoms with Crippen LogP contribution < -0.4 is 15.2 Å². The number of aromatic nitrogens is 1. The topological polar surface area (TPSA) is 171 Å². The largest absolute Gasteiger partial charge is 0.504 e. The van der Waals surface area contributed by atoms with E-state index in [4.69, 9.17) is 25.7 Å². The number of aromatic hydroxyl groups is 1. The smallest absolute Gasteiger partial charge is 0.303 e. The monoisotopic (exact) mass is 635 g/mol. The van der Waals surface area contributed by atoms with Gasteiger partial charge in [-0.25, -0.2) is 13.6 Å². The maximum absolute atomic E-state index is 15.6. The molecule has 0 saturated carbocycles. The second-order valence-electron chi connectivity index (χ2n) is 9.95. The fourth-order valence-corrected chi connectivity index (χ4v) is 5.53. The molecule has 1 unspecified atom stereocenters. The van der Waals surface area contributed by atoms with Crippen molar-refractivity contribution < 1.29 is 37.5 Å². The van der Waals surface area contributed by atoms with Crippen molar-refractivity contribution in [1.29, 1.82) is 5.41 Å². The molecule has 0 saturated heterocycles. The zero-order chi connectivity index (χ0) is 32.2. The maximum Gasteiger partial charge on any atom is 0.303 e. The first-order valence-corrected chi connectivity index (χ1v) is 14.7. The highest BCUT2D eigenvalue weighted by molar-refractivity contribution is 7.85. The molecule has 1 atom stereocenters. The summed E-state index contributed by atoms with van der Waals surface area (Å²) in [6.07, 6.45) is 1.01. The molecule has 0 radical (unpaired) electrons. The van der Waals surface area contributed by atoms with Crippen LogP contribution in [0.5, 0.6) is 28.9 Å². The first-order chi connectivity index (χ1) is 21.5. The predicted molar refractivity (Wildman–Crippen MR) is 161 cm³/mol. The van der Waals surface area contributed by atoms with E-state index in [1.54, 1.807) is 37.4 Å². The Labute approximate surface area is 258 Å². The van der Waals surface area contributed by atoms with Gasteiger partial charge in [0, 0.05) is 35.4 Å². The van der Waals surface area contributed by atoms with Crippen LogP contribution in [0.3, 0.4) is 0 Å². The van der Waals surface area contributed by atoms with Crippen LogP contribution in [0.15, 0.2) is 81.6 Å². The number of carboxylic acid groups (broad SMARTS) is 1. The molecule has 11 nitrogen and oxygen atoms in total. The summed E-state index contributed by atoms with van der Waals surface area (Å²) in [6.45, 7) is 1.05. The van der Waals surface area contributed by atoms with Gasteiger partial charge in [0.05, 0.1) is 29.1 Å². The Kier molecular flexibility index (Phi) is 9.04. The Morgan fingerprint density at radius 2 is 1.80 bits per heavy atom. The Hall–Kier alpha value is -5.37. The number of halogens is 2. The second kappa shape index (κ2) is 13.1. The molecule has 232 valence electrons.